The molecule has 0 fully saturated rings. The normalized spacial score (nSPS) is 10.9. The molecule has 6 nitrogen and oxygen atoms in total. The van der Waals surface area contributed by atoms with Gasteiger partial charge in [-0.1, -0.05) is 13.3 Å². The van der Waals surface area contributed by atoms with Crippen molar-refractivity contribution < 1.29 is 4.39 Å². The molecule has 0 saturated carbocycles. The monoisotopic (exact) mass is 312 g/mol. The average molecular weight is 312 g/mol. The maximum Gasteiger partial charge on any atom is 0.162 e. The molecule has 3 heterocycles. The molecule has 3 aromatic rings. The highest BCUT2D eigenvalue weighted by molar-refractivity contribution is 5.50. The summed E-state index contributed by atoms with van der Waals surface area (Å²) in [6.45, 7) is 2.51. The zero-order valence-corrected chi connectivity index (χ0v) is 12.8. The highest BCUT2D eigenvalue weighted by Gasteiger charge is 2.14. The van der Waals surface area contributed by atoms with Crippen LogP contribution in [-0.4, -0.2) is 24.5 Å². The molecule has 3 rings (SSSR count). The maximum absolute atomic E-state index is 14.0. The topological polar surface area (TPSA) is 82.5 Å². The van der Waals surface area contributed by atoms with E-state index in [0.717, 1.165) is 24.2 Å². The van der Waals surface area contributed by atoms with Crippen molar-refractivity contribution in [1.29, 1.82) is 0 Å². The molecule has 23 heavy (non-hydrogen) atoms. The van der Waals surface area contributed by atoms with E-state index in [2.05, 4.69) is 26.9 Å². The molecule has 0 saturated heterocycles. The first kappa shape index (κ1) is 15.1. The Hall–Kier alpha value is -2.83. The zero-order valence-electron chi connectivity index (χ0n) is 12.8. The first-order valence-corrected chi connectivity index (χ1v) is 7.41. The number of nitrogens with zero attached hydrogens (tertiary/aromatic N) is 5. The SMILES string of the molecule is CCCc1nc(N)cnc1Cn1ccnc1-c1ncccc1F. The highest BCUT2D eigenvalue weighted by Crippen LogP contribution is 2.20. The van der Waals surface area contributed by atoms with Gasteiger partial charge in [-0.2, -0.15) is 0 Å². The Morgan fingerprint density at radius 3 is 2.83 bits per heavy atom. The number of imidazole rings is 1. The van der Waals surface area contributed by atoms with Crippen molar-refractivity contribution in [2.75, 3.05) is 5.73 Å². The number of pyridine rings is 1. The Kier molecular flexibility index (Phi) is 4.27. The molecule has 0 spiro atoms. The van der Waals surface area contributed by atoms with Crippen molar-refractivity contribution in [2.45, 2.75) is 26.3 Å². The lowest BCUT2D eigenvalue weighted by molar-refractivity contribution is 0.621. The fourth-order valence-corrected chi connectivity index (χ4v) is 2.40. The Labute approximate surface area is 133 Å². The second-order valence-corrected chi connectivity index (χ2v) is 5.15. The number of rotatable bonds is 5. The summed E-state index contributed by atoms with van der Waals surface area (Å²) in [5.74, 6) is 0.458. The van der Waals surface area contributed by atoms with Crippen LogP contribution in [0.25, 0.3) is 11.5 Å². The Morgan fingerprint density at radius 1 is 1.17 bits per heavy atom. The average Bonchev–Trinajstić information content (AvgIpc) is 2.99. The largest absolute Gasteiger partial charge is 0.382 e. The number of anilines is 1. The van der Waals surface area contributed by atoms with Gasteiger partial charge in [0.25, 0.3) is 0 Å². The molecular formula is C16H17FN6. The van der Waals surface area contributed by atoms with Crippen LogP contribution < -0.4 is 5.73 Å². The summed E-state index contributed by atoms with van der Waals surface area (Å²) >= 11 is 0. The van der Waals surface area contributed by atoms with E-state index in [9.17, 15) is 4.39 Å². The van der Waals surface area contributed by atoms with Crippen LogP contribution in [0.2, 0.25) is 0 Å². The molecule has 0 bridgehead atoms. The van der Waals surface area contributed by atoms with Crippen LogP contribution in [0.5, 0.6) is 0 Å². The summed E-state index contributed by atoms with van der Waals surface area (Å²) in [7, 11) is 0. The Bertz CT molecular complexity index is 814. The molecule has 0 aromatic carbocycles. The number of hydrogen-bond donors (Lipinski definition) is 1. The molecule has 0 unspecified atom stereocenters. The van der Waals surface area contributed by atoms with Gasteiger partial charge in [0.05, 0.1) is 24.1 Å². The van der Waals surface area contributed by atoms with E-state index in [-0.39, 0.29) is 5.69 Å². The van der Waals surface area contributed by atoms with Gasteiger partial charge < -0.3 is 10.3 Å². The Balaban J connectivity index is 1.97. The van der Waals surface area contributed by atoms with E-state index >= 15 is 0 Å². The number of aryl methyl sites for hydroxylation is 1. The zero-order chi connectivity index (χ0) is 16.2. The number of nitrogens with two attached hydrogens (primary N) is 1. The highest BCUT2D eigenvalue weighted by atomic mass is 19.1. The van der Waals surface area contributed by atoms with Crippen LogP contribution in [0.1, 0.15) is 24.7 Å². The minimum atomic E-state index is -0.405. The fraction of sp³-hybridized carbons (Fsp3) is 0.250. The van der Waals surface area contributed by atoms with Gasteiger partial charge in [0.2, 0.25) is 0 Å². The van der Waals surface area contributed by atoms with Crippen LogP contribution >= 0.6 is 0 Å². The third-order valence-corrected chi connectivity index (χ3v) is 3.44. The van der Waals surface area contributed by atoms with E-state index in [1.165, 1.54) is 12.3 Å². The molecule has 7 heteroatoms. The predicted octanol–water partition coefficient (Wildman–Crippen LogP) is 2.46. The minimum Gasteiger partial charge on any atom is -0.382 e. The summed E-state index contributed by atoms with van der Waals surface area (Å²) in [5, 5.41) is 0. The molecule has 0 aliphatic heterocycles. The lowest BCUT2D eigenvalue weighted by Gasteiger charge is -2.11. The lowest BCUT2D eigenvalue weighted by atomic mass is 10.2. The third kappa shape index (κ3) is 3.18. The molecule has 0 aliphatic carbocycles. The molecular weight excluding hydrogens is 295 g/mol. The van der Waals surface area contributed by atoms with Gasteiger partial charge in [0.15, 0.2) is 11.6 Å². The number of hydrogen-bond acceptors (Lipinski definition) is 5. The van der Waals surface area contributed by atoms with Crippen molar-refractivity contribution in [2.24, 2.45) is 0 Å². The fourth-order valence-electron chi connectivity index (χ4n) is 2.40. The number of nitrogen functional groups attached to an aromatic ring is 1. The molecule has 0 amide bonds. The van der Waals surface area contributed by atoms with Crippen LogP contribution in [0.4, 0.5) is 10.2 Å². The first-order chi connectivity index (χ1) is 11.2. The van der Waals surface area contributed by atoms with Crippen molar-refractivity contribution in [3.63, 3.8) is 0 Å². The van der Waals surface area contributed by atoms with Gasteiger partial charge in [-0.05, 0) is 18.6 Å². The van der Waals surface area contributed by atoms with Crippen LogP contribution in [0.3, 0.4) is 0 Å². The first-order valence-electron chi connectivity index (χ1n) is 7.41. The second-order valence-electron chi connectivity index (χ2n) is 5.15. The summed E-state index contributed by atoms with van der Waals surface area (Å²) in [5.41, 5.74) is 7.60. The predicted molar refractivity (Wildman–Crippen MR) is 85.0 cm³/mol. The van der Waals surface area contributed by atoms with E-state index in [0.29, 0.717) is 18.2 Å². The summed E-state index contributed by atoms with van der Waals surface area (Å²) in [6, 6.07) is 2.92. The Morgan fingerprint density at radius 2 is 2.04 bits per heavy atom. The molecule has 0 aliphatic rings. The summed E-state index contributed by atoms with van der Waals surface area (Å²) < 4.78 is 15.8. The van der Waals surface area contributed by atoms with E-state index in [4.69, 9.17) is 5.73 Å². The van der Waals surface area contributed by atoms with Gasteiger partial charge in [0, 0.05) is 18.6 Å². The standard InChI is InChI=1S/C16H17FN6/c1-2-4-12-13(21-9-14(18)22-12)10-23-8-7-20-16(23)15-11(17)5-3-6-19-15/h3,5-9H,2,4,10H2,1H3,(H2,18,22). The lowest BCUT2D eigenvalue weighted by Crippen LogP contribution is -2.10. The summed E-state index contributed by atoms with van der Waals surface area (Å²) in [4.78, 5) is 17.0. The van der Waals surface area contributed by atoms with Crippen LogP contribution in [-0.2, 0) is 13.0 Å². The van der Waals surface area contributed by atoms with E-state index < -0.39 is 5.82 Å². The van der Waals surface area contributed by atoms with Gasteiger partial charge in [0.1, 0.15) is 11.5 Å². The molecule has 2 N–H and O–H groups in total. The van der Waals surface area contributed by atoms with Gasteiger partial charge in [-0.25, -0.2) is 19.3 Å². The van der Waals surface area contributed by atoms with Crippen molar-refractivity contribution in [3.05, 3.63) is 54.1 Å². The molecule has 3 aromatic heterocycles. The van der Waals surface area contributed by atoms with Crippen molar-refractivity contribution >= 4 is 5.82 Å². The minimum absolute atomic E-state index is 0.220. The molecule has 0 radical (unpaired) electrons. The number of halogens is 1. The smallest absolute Gasteiger partial charge is 0.162 e. The van der Waals surface area contributed by atoms with E-state index in [1.807, 2.05) is 4.57 Å². The quantitative estimate of drug-likeness (QED) is 0.782. The molecule has 118 valence electrons. The maximum atomic E-state index is 14.0. The van der Waals surface area contributed by atoms with Gasteiger partial charge >= 0.3 is 0 Å². The van der Waals surface area contributed by atoms with Crippen molar-refractivity contribution in [1.82, 2.24) is 24.5 Å². The van der Waals surface area contributed by atoms with Crippen LogP contribution in [0.15, 0.2) is 36.9 Å². The third-order valence-electron chi connectivity index (χ3n) is 3.44. The number of aromatic nitrogens is 5. The van der Waals surface area contributed by atoms with Crippen LogP contribution in [0, 0.1) is 5.82 Å². The van der Waals surface area contributed by atoms with E-state index in [1.54, 1.807) is 24.7 Å². The second kappa shape index (κ2) is 6.51. The van der Waals surface area contributed by atoms with Crippen molar-refractivity contribution in [3.8, 4) is 11.5 Å². The molecule has 0 atom stereocenters. The summed E-state index contributed by atoms with van der Waals surface area (Å²) in [6.07, 6.45) is 8.20. The van der Waals surface area contributed by atoms with Gasteiger partial charge in [-0.3, -0.25) is 4.98 Å². The van der Waals surface area contributed by atoms with Gasteiger partial charge in [-0.15, -0.1) is 0 Å².